The minimum absolute atomic E-state index is 0.0966. The van der Waals surface area contributed by atoms with Crippen molar-refractivity contribution >= 4 is 59.1 Å². The number of carbonyl (C=O) groups is 6. The molecule has 2 saturated heterocycles. The highest BCUT2D eigenvalue weighted by Crippen LogP contribution is 2.31. The van der Waals surface area contributed by atoms with Crippen LogP contribution in [0.1, 0.15) is 33.3 Å². The molecule has 1 aromatic rings. The first kappa shape index (κ1) is 30.2. The molecule has 5 atom stereocenters. The van der Waals surface area contributed by atoms with E-state index in [4.69, 9.17) is 40.6 Å². The lowest BCUT2D eigenvalue weighted by molar-refractivity contribution is -0.288. The van der Waals surface area contributed by atoms with Crippen molar-refractivity contribution in [3.05, 3.63) is 35.4 Å². The molecule has 0 unspecified atom stereocenters. The fourth-order valence-electron chi connectivity index (χ4n) is 3.83. The first-order valence-electron chi connectivity index (χ1n) is 11.8. The maximum absolute atomic E-state index is 12.1. The standard InChI is InChI=1S/C25H26N2O12S/c1-11(28)34-10-18-19(35-12(2)29)20(36-13(3)30)21(37-14(4)31)24(39-18)38-16-7-5-15(6-8-16)9-17-22(32)26-25(40)27-23(17)33/h5-9,18-21,24H,10H2,1-4H3,(H2,26,27,32,33,40)/t18-,19-,20-,21-,24-/m1/s1. The van der Waals surface area contributed by atoms with Crippen molar-refractivity contribution < 1.29 is 57.2 Å². The van der Waals surface area contributed by atoms with Crippen LogP contribution in [0.4, 0.5) is 0 Å². The van der Waals surface area contributed by atoms with Crippen LogP contribution < -0.4 is 15.4 Å². The molecule has 3 rings (SSSR count). The zero-order valence-corrected chi connectivity index (χ0v) is 22.6. The summed E-state index contributed by atoms with van der Waals surface area (Å²) in [6.45, 7) is 4.09. The Kier molecular flexibility index (Phi) is 9.90. The van der Waals surface area contributed by atoms with Gasteiger partial charge in [0.2, 0.25) is 12.4 Å². The second kappa shape index (κ2) is 13.1. The molecule has 0 radical (unpaired) electrons. The Hall–Kier alpha value is -4.37. The fourth-order valence-corrected chi connectivity index (χ4v) is 4.02. The maximum Gasteiger partial charge on any atom is 0.303 e. The van der Waals surface area contributed by atoms with Crippen molar-refractivity contribution in [1.82, 2.24) is 10.6 Å². The van der Waals surface area contributed by atoms with Gasteiger partial charge < -0.3 is 28.4 Å². The predicted molar refractivity (Wildman–Crippen MR) is 136 cm³/mol. The Balaban J connectivity index is 1.90. The fraction of sp³-hybridized carbons (Fsp3) is 0.400. The highest BCUT2D eigenvalue weighted by Gasteiger charge is 2.53. The minimum Gasteiger partial charge on any atom is -0.463 e. The monoisotopic (exact) mass is 578 g/mol. The normalized spacial score (nSPS) is 24.1. The maximum atomic E-state index is 12.1. The largest absolute Gasteiger partial charge is 0.463 e. The van der Waals surface area contributed by atoms with E-state index >= 15 is 0 Å². The quantitative estimate of drug-likeness (QED) is 0.139. The topological polar surface area (TPSA) is 182 Å². The summed E-state index contributed by atoms with van der Waals surface area (Å²) in [7, 11) is 0. The van der Waals surface area contributed by atoms with Gasteiger partial charge in [-0.05, 0) is 36.0 Å². The molecule has 0 bridgehead atoms. The van der Waals surface area contributed by atoms with Crippen molar-refractivity contribution in [2.24, 2.45) is 0 Å². The van der Waals surface area contributed by atoms with Crippen LogP contribution >= 0.6 is 12.2 Å². The third-order valence-electron chi connectivity index (χ3n) is 5.33. The predicted octanol–water partition coefficient (Wildman–Crippen LogP) is 0.0628. The van der Waals surface area contributed by atoms with Crippen molar-refractivity contribution in [3.8, 4) is 5.75 Å². The second-order valence-corrected chi connectivity index (χ2v) is 8.96. The van der Waals surface area contributed by atoms with Crippen LogP contribution in [0.25, 0.3) is 6.08 Å². The summed E-state index contributed by atoms with van der Waals surface area (Å²) in [6.07, 6.45) is -5.36. The van der Waals surface area contributed by atoms with Crippen molar-refractivity contribution in [2.45, 2.75) is 58.4 Å². The second-order valence-electron chi connectivity index (χ2n) is 8.55. The van der Waals surface area contributed by atoms with E-state index in [-0.39, 0.29) is 16.4 Å². The van der Waals surface area contributed by atoms with Gasteiger partial charge in [0, 0.05) is 27.7 Å². The minimum atomic E-state index is -1.42. The van der Waals surface area contributed by atoms with Gasteiger partial charge in [-0.15, -0.1) is 0 Å². The van der Waals surface area contributed by atoms with Gasteiger partial charge in [-0.1, -0.05) is 12.1 Å². The molecule has 0 saturated carbocycles. The van der Waals surface area contributed by atoms with Crippen LogP contribution in [0, 0.1) is 0 Å². The number of carbonyl (C=O) groups excluding carboxylic acids is 6. The number of hydrogen-bond donors (Lipinski definition) is 2. The van der Waals surface area contributed by atoms with Crippen LogP contribution in [0.2, 0.25) is 0 Å². The molecule has 14 nitrogen and oxygen atoms in total. The smallest absolute Gasteiger partial charge is 0.303 e. The number of rotatable bonds is 8. The highest BCUT2D eigenvalue weighted by molar-refractivity contribution is 7.80. The molecule has 2 fully saturated rings. The van der Waals surface area contributed by atoms with Crippen LogP contribution in [-0.2, 0) is 52.5 Å². The van der Waals surface area contributed by atoms with Gasteiger partial charge in [0.25, 0.3) is 11.8 Å². The van der Waals surface area contributed by atoms with Gasteiger partial charge in [-0.3, -0.25) is 39.4 Å². The molecule has 2 aliphatic heterocycles. The van der Waals surface area contributed by atoms with E-state index in [0.717, 1.165) is 27.7 Å². The third kappa shape index (κ3) is 8.07. The molecule has 0 aromatic heterocycles. The van der Waals surface area contributed by atoms with E-state index in [1.54, 1.807) is 0 Å². The first-order chi connectivity index (χ1) is 18.8. The van der Waals surface area contributed by atoms with Crippen molar-refractivity contribution in [2.75, 3.05) is 6.61 Å². The number of hydrogen-bond acceptors (Lipinski definition) is 13. The lowest BCUT2D eigenvalue weighted by atomic mass is 9.98. The van der Waals surface area contributed by atoms with Crippen molar-refractivity contribution in [1.29, 1.82) is 0 Å². The lowest BCUT2D eigenvalue weighted by Crippen LogP contribution is -2.63. The average Bonchev–Trinajstić information content (AvgIpc) is 2.84. The molecular formula is C25H26N2O12S. The zero-order valence-electron chi connectivity index (χ0n) is 21.8. The van der Waals surface area contributed by atoms with Crippen LogP contribution in [0.15, 0.2) is 29.8 Å². The van der Waals surface area contributed by atoms with Gasteiger partial charge in [-0.25, -0.2) is 0 Å². The summed E-state index contributed by atoms with van der Waals surface area (Å²) in [4.78, 5) is 71.4. The first-order valence-corrected chi connectivity index (χ1v) is 12.2. The van der Waals surface area contributed by atoms with E-state index in [0.29, 0.717) is 5.56 Å². The molecule has 2 amide bonds. The number of thiocarbonyl (C=S) groups is 1. The van der Waals surface area contributed by atoms with E-state index in [9.17, 15) is 28.8 Å². The number of ether oxygens (including phenoxy) is 6. The molecule has 0 aliphatic carbocycles. The van der Waals surface area contributed by atoms with Crippen LogP contribution in [-0.4, -0.2) is 78.1 Å². The van der Waals surface area contributed by atoms with Gasteiger partial charge >= 0.3 is 23.9 Å². The molecule has 40 heavy (non-hydrogen) atoms. The molecule has 2 N–H and O–H groups in total. The molecule has 0 spiro atoms. The number of benzene rings is 1. The van der Waals surface area contributed by atoms with Gasteiger partial charge in [0.05, 0.1) is 0 Å². The molecule has 214 valence electrons. The Morgan fingerprint density at radius 2 is 1.35 bits per heavy atom. The number of nitrogens with one attached hydrogen (secondary N) is 2. The molecule has 1 aromatic carbocycles. The molecule has 15 heteroatoms. The summed E-state index contributed by atoms with van der Waals surface area (Å²) >= 11 is 4.78. The van der Waals surface area contributed by atoms with E-state index in [2.05, 4.69) is 10.6 Å². The Morgan fingerprint density at radius 1 is 0.825 bits per heavy atom. The molecule has 2 heterocycles. The number of amides is 2. The summed E-state index contributed by atoms with van der Waals surface area (Å²) in [6, 6.07) is 6.01. The summed E-state index contributed by atoms with van der Waals surface area (Å²) in [5.41, 5.74) is 0.295. The van der Waals surface area contributed by atoms with Crippen LogP contribution in [0.3, 0.4) is 0 Å². The zero-order chi connectivity index (χ0) is 29.6. The van der Waals surface area contributed by atoms with Gasteiger partial charge in [-0.2, -0.15) is 0 Å². The van der Waals surface area contributed by atoms with E-state index in [1.165, 1.54) is 30.3 Å². The Labute approximate surface area is 233 Å². The summed E-state index contributed by atoms with van der Waals surface area (Å²) in [5.74, 6) is -4.10. The molecular weight excluding hydrogens is 552 g/mol. The molecule has 2 aliphatic rings. The van der Waals surface area contributed by atoms with Gasteiger partial charge in [0.15, 0.2) is 17.3 Å². The third-order valence-corrected chi connectivity index (χ3v) is 5.54. The van der Waals surface area contributed by atoms with Crippen LogP contribution in [0.5, 0.6) is 5.75 Å². The highest BCUT2D eigenvalue weighted by atomic mass is 32.1. The SMILES string of the molecule is CC(=O)OC[C@H]1O[C@@H](Oc2ccc(C=C3C(=O)NC(=S)NC3=O)cc2)[C@H](OC(C)=O)[C@H](OC(C)=O)[C@@H]1OC(C)=O. The Morgan fingerprint density at radius 3 is 1.88 bits per heavy atom. The summed E-state index contributed by atoms with van der Waals surface area (Å²) < 4.78 is 32.9. The van der Waals surface area contributed by atoms with E-state index in [1.807, 2.05) is 0 Å². The number of esters is 4. The van der Waals surface area contributed by atoms with Gasteiger partial charge in [0.1, 0.15) is 24.0 Å². The average molecular weight is 579 g/mol. The lowest BCUT2D eigenvalue weighted by Gasteiger charge is -2.43. The van der Waals surface area contributed by atoms with Crippen molar-refractivity contribution in [3.63, 3.8) is 0 Å². The van der Waals surface area contributed by atoms with E-state index < -0.39 is 73.0 Å². The Bertz CT molecular complexity index is 1220. The summed E-state index contributed by atoms with van der Waals surface area (Å²) in [5, 5.41) is 4.57.